The second-order valence-electron chi connectivity index (χ2n) is 5.57. The van der Waals surface area contributed by atoms with Crippen molar-refractivity contribution in [2.75, 3.05) is 12.4 Å². The van der Waals surface area contributed by atoms with E-state index in [4.69, 9.17) is 4.74 Å². The Morgan fingerprint density at radius 2 is 2.06 bits per heavy atom. The van der Waals surface area contributed by atoms with Gasteiger partial charge in [-0.2, -0.15) is 0 Å². The SMILES string of the molecule is CCC1CCCC1NS(=O)(=O)CCC1CCCO1. The fourth-order valence-corrected chi connectivity index (χ4v) is 4.59. The molecular weight excluding hydrogens is 250 g/mol. The molecule has 2 rings (SSSR count). The standard InChI is InChI=1S/C13H25NO3S/c1-2-11-5-3-7-13(11)14-18(15,16)10-8-12-6-4-9-17-12/h11-14H,2-10H2,1H3. The first kappa shape index (κ1) is 14.3. The van der Waals surface area contributed by atoms with Gasteiger partial charge in [0.15, 0.2) is 0 Å². The molecule has 1 N–H and O–H groups in total. The lowest BCUT2D eigenvalue weighted by atomic mass is 10.0. The molecule has 18 heavy (non-hydrogen) atoms. The fourth-order valence-electron chi connectivity index (χ4n) is 3.13. The number of hydrogen-bond donors (Lipinski definition) is 1. The molecule has 5 heteroatoms. The predicted octanol–water partition coefficient (Wildman–Crippen LogP) is 2.05. The summed E-state index contributed by atoms with van der Waals surface area (Å²) in [5, 5.41) is 0. The summed E-state index contributed by atoms with van der Waals surface area (Å²) < 4.78 is 32.4. The van der Waals surface area contributed by atoms with E-state index in [-0.39, 0.29) is 17.9 Å². The Hall–Kier alpha value is -0.130. The van der Waals surface area contributed by atoms with Crippen molar-refractivity contribution in [3.05, 3.63) is 0 Å². The van der Waals surface area contributed by atoms with Crippen molar-refractivity contribution < 1.29 is 13.2 Å². The zero-order valence-electron chi connectivity index (χ0n) is 11.2. The van der Waals surface area contributed by atoms with E-state index in [1.807, 2.05) is 0 Å². The summed E-state index contributed by atoms with van der Waals surface area (Å²) in [6.07, 6.45) is 7.25. The van der Waals surface area contributed by atoms with E-state index >= 15 is 0 Å². The van der Waals surface area contributed by atoms with Gasteiger partial charge in [-0.3, -0.25) is 0 Å². The predicted molar refractivity (Wildman–Crippen MR) is 71.9 cm³/mol. The van der Waals surface area contributed by atoms with E-state index in [0.29, 0.717) is 12.3 Å². The highest BCUT2D eigenvalue weighted by Crippen LogP contribution is 2.28. The Kier molecular flexibility index (Phi) is 5.04. The van der Waals surface area contributed by atoms with E-state index in [0.717, 1.165) is 45.1 Å². The maximum Gasteiger partial charge on any atom is 0.211 e. The summed E-state index contributed by atoms with van der Waals surface area (Å²) >= 11 is 0. The van der Waals surface area contributed by atoms with Gasteiger partial charge >= 0.3 is 0 Å². The normalized spacial score (nSPS) is 33.1. The van der Waals surface area contributed by atoms with Crippen molar-refractivity contribution in [3.8, 4) is 0 Å². The summed E-state index contributed by atoms with van der Waals surface area (Å²) in [6, 6.07) is 0.171. The molecule has 1 aliphatic carbocycles. The van der Waals surface area contributed by atoms with Crippen LogP contribution in [-0.4, -0.2) is 32.9 Å². The first-order valence-corrected chi connectivity index (χ1v) is 8.87. The summed E-state index contributed by atoms with van der Waals surface area (Å²) in [6.45, 7) is 2.93. The molecule has 1 saturated carbocycles. The van der Waals surface area contributed by atoms with E-state index < -0.39 is 10.0 Å². The average molecular weight is 275 g/mol. The summed E-state index contributed by atoms with van der Waals surface area (Å²) in [7, 11) is -3.13. The number of nitrogens with one attached hydrogen (secondary N) is 1. The van der Waals surface area contributed by atoms with Crippen LogP contribution in [0.15, 0.2) is 0 Å². The zero-order chi connectivity index (χ0) is 13.0. The van der Waals surface area contributed by atoms with E-state index in [1.54, 1.807) is 0 Å². The quantitative estimate of drug-likeness (QED) is 0.807. The topological polar surface area (TPSA) is 55.4 Å². The van der Waals surface area contributed by atoms with Crippen molar-refractivity contribution >= 4 is 10.0 Å². The minimum Gasteiger partial charge on any atom is -0.378 e. The van der Waals surface area contributed by atoms with Gasteiger partial charge in [0, 0.05) is 12.6 Å². The number of rotatable bonds is 6. The number of sulfonamides is 1. The molecule has 2 fully saturated rings. The zero-order valence-corrected chi connectivity index (χ0v) is 12.0. The van der Waals surface area contributed by atoms with Crippen LogP contribution in [0.1, 0.15) is 51.9 Å². The molecule has 3 atom stereocenters. The van der Waals surface area contributed by atoms with Crippen LogP contribution in [0.25, 0.3) is 0 Å². The molecule has 1 heterocycles. The molecule has 1 saturated heterocycles. The first-order chi connectivity index (χ1) is 8.61. The van der Waals surface area contributed by atoms with Gasteiger partial charge in [0.05, 0.1) is 11.9 Å². The van der Waals surface area contributed by atoms with Gasteiger partial charge in [0.25, 0.3) is 0 Å². The van der Waals surface area contributed by atoms with Crippen LogP contribution in [0, 0.1) is 5.92 Å². The summed E-state index contributed by atoms with van der Waals surface area (Å²) in [5.41, 5.74) is 0. The van der Waals surface area contributed by atoms with Crippen LogP contribution >= 0.6 is 0 Å². The van der Waals surface area contributed by atoms with E-state index in [2.05, 4.69) is 11.6 Å². The molecule has 0 aromatic heterocycles. The van der Waals surface area contributed by atoms with Crippen molar-refractivity contribution in [2.24, 2.45) is 5.92 Å². The van der Waals surface area contributed by atoms with Gasteiger partial charge in [-0.05, 0) is 38.0 Å². The van der Waals surface area contributed by atoms with Gasteiger partial charge in [-0.25, -0.2) is 13.1 Å². The molecule has 3 unspecified atom stereocenters. The summed E-state index contributed by atoms with van der Waals surface area (Å²) in [5.74, 6) is 0.743. The molecule has 4 nitrogen and oxygen atoms in total. The van der Waals surface area contributed by atoms with E-state index in [9.17, 15) is 8.42 Å². The molecule has 0 aromatic rings. The van der Waals surface area contributed by atoms with Gasteiger partial charge in [-0.15, -0.1) is 0 Å². The van der Waals surface area contributed by atoms with Gasteiger partial charge in [0.2, 0.25) is 10.0 Å². The van der Waals surface area contributed by atoms with Gasteiger partial charge in [-0.1, -0.05) is 19.8 Å². The molecule has 0 radical (unpaired) electrons. The Morgan fingerprint density at radius 1 is 1.22 bits per heavy atom. The highest BCUT2D eigenvalue weighted by atomic mass is 32.2. The van der Waals surface area contributed by atoms with Crippen LogP contribution in [0.5, 0.6) is 0 Å². The lowest BCUT2D eigenvalue weighted by Crippen LogP contribution is -2.39. The number of ether oxygens (including phenoxy) is 1. The Balaban J connectivity index is 1.79. The monoisotopic (exact) mass is 275 g/mol. The Bertz CT molecular complexity index is 349. The van der Waals surface area contributed by atoms with Crippen LogP contribution in [0.4, 0.5) is 0 Å². The van der Waals surface area contributed by atoms with Crippen molar-refractivity contribution in [1.82, 2.24) is 4.72 Å². The second-order valence-corrected chi connectivity index (χ2v) is 7.44. The fraction of sp³-hybridized carbons (Fsp3) is 1.00. The summed E-state index contributed by atoms with van der Waals surface area (Å²) in [4.78, 5) is 0. The third-order valence-electron chi connectivity index (χ3n) is 4.25. The molecule has 1 aliphatic heterocycles. The van der Waals surface area contributed by atoms with Gasteiger partial charge < -0.3 is 4.74 Å². The first-order valence-electron chi connectivity index (χ1n) is 7.22. The minimum absolute atomic E-state index is 0.159. The minimum atomic E-state index is -3.13. The third-order valence-corrected chi connectivity index (χ3v) is 5.68. The number of hydrogen-bond acceptors (Lipinski definition) is 3. The molecule has 0 spiro atoms. The maximum atomic E-state index is 12.0. The van der Waals surface area contributed by atoms with Crippen molar-refractivity contribution in [2.45, 2.75) is 64.0 Å². The smallest absolute Gasteiger partial charge is 0.211 e. The molecule has 0 amide bonds. The lowest BCUT2D eigenvalue weighted by Gasteiger charge is -2.20. The maximum absolute atomic E-state index is 12.0. The van der Waals surface area contributed by atoms with Crippen LogP contribution in [0.2, 0.25) is 0 Å². The van der Waals surface area contributed by atoms with Crippen LogP contribution in [-0.2, 0) is 14.8 Å². The highest BCUT2D eigenvalue weighted by Gasteiger charge is 2.29. The second kappa shape index (κ2) is 6.35. The molecule has 0 bridgehead atoms. The third kappa shape index (κ3) is 3.93. The molecule has 2 aliphatic rings. The van der Waals surface area contributed by atoms with Crippen LogP contribution < -0.4 is 4.72 Å². The van der Waals surface area contributed by atoms with Crippen molar-refractivity contribution in [3.63, 3.8) is 0 Å². The molecule has 106 valence electrons. The lowest BCUT2D eigenvalue weighted by molar-refractivity contribution is 0.108. The van der Waals surface area contributed by atoms with E-state index in [1.165, 1.54) is 0 Å². The molecular formula is C13H25NO3S. The average Bonchev–Trinajstić information content (AvgIpc) is 2.96. The Morgan fingerprint density at radius 3 is 2.72 bits per heavy atom. The van der Waals surface area contributed by atoms with Crippen LogP contribution in [0.3, 0.4) is 0 Å². The highest BCUT2D eigenvalue weighted by molar-refractivity contribution is 7.89. The largest absolute Gasteiger partial charge is 0.378 e. The van der Waals surface area contributed by atoms with Gasteiger partial charge in [0.1, 0.15) is 0 Å². The molecule has 0 aromatic carbocycles. The Labute approximate surface area is 111 Å². The van der Waals surface area contributed by atoms with Crippen molar-refractivity contribution in [1.29, 1.82) is 0 Å².